The molecule has 1 N–H and O–H groups in total. The summed E-state index contributed by atoms with van der Waals surface area (Å²) < 4.78 is 12.7. The number of amides is 2. The Bertz CT molecular complexity index is 772. The molecule has 7 heteroatoms. The van der Waals surface area contributed by atoms with Gasteiger partial charge in [-0.2, -0.15) is 5.10 Å². The molecular weight excluding hydrogens is 332 g/mol. The minimum Gasteiger partial charge on any atom is -0.454 e. The van der Waals surface area contributed by atoms with Crippen LogP contribution in [0.2, 0.25) is 0 Å². The first-order valence-electron chi connectivity index (χ1n) is 8.99. The highest BCUT2D eigenvalue weighted by Gasteiger charge is 2.16. The Morgan fingerprint density at radius 1 is 1.27 bits per heavy atom. The van der Waals surface area contributed by atoms with Crippen molar-refractivity contribution in [1.29, 1.82) is 0 Å². The number of fused-ring (bicyclic) bond motifs is 1. The molecule has 2 heterocycles. The van der Waals surface area contributed by atoms with Crippen LogP contribution in [0.3, 0.4) is 0 Å². The zero-order chi connectivity index (χ0) is 18.5. The largest absolute Gasteiger partial charge is 0.454 e. The molecule has 140 valence electrons. The maximum Gasteiger partial charge on any atom is 0.317 e. The molecule has 1 aliphatic rings. The fraction of sp³-hybridized carbons (Fsp3) is 0.474. The Morgan fingerprint density at radius 2 is 2.08 bits per heavy atom. The average molecular weight is 358 g/mol. The molecule has 0 aliphatic carbocycles. The van der Waals surface area contributed by atoms with Crippen LogP contribution < -0.4 is 14.8 Å². The van der Waals surface area contributed by atoms with Gasteiger partial charge in [0.1, 0.15) is 0 Å². The van der Waals surface area contributed by atoms with Gasteiger partial charge in [0.2, 0.25) is 6.79 Å². The van der Waals surface area contributed by atoms with Gasteiger partial charge in [0.25, 0.3) is 0 Å². The van der Waals surface area contributed by atoms with Gasteiger partial charge in [0, 0.05) is 31.9 Å². The van der Waals surface area contributed by atoms with Crippen molar-refractivity contribution in [2.24, 2.45) is 0 Å². The van der Waals surface area contributed by atoms with E-state index in [1.165, 1.54) is 0 Å². The number of carbonyl (C=O) groups excluding carboxylic acids is 1. The lowest BCUT2D eigenvalue weighted by Crippen LogP contribution is -2.40. The van der Waals surface area contributed by atoms with Gasteiger partial charge in [-0.1, -0.05) is 6.07 Å². The van der Waals surface area contributed by atoms with Crippen LogP contribution in [0.15, 0.2) is 24.3 Å². The zero-order valence-electron chi connectivity index (χ0n) is 15.6. The Labute approximate surface area is 153 Å². The van der Waals surface area contributed by atoms with Gasteiger partial charge < -0.3 is 19.7 Å². The number of rotatable bonds is 7. The fourth-order valence-corrected chi connectivity index (χ4v) is 3.02. The van der Waals surface area contributed by atoms with E-state index in [0.717, 1.165) is 41.4 Å². The molecule has 3 rings (SSSR count). The van der Waals surface area contributed by atoms with E-state index in [2.05, 4.69) is 16.5 Å². The van der Waals surface area contributed by atoms with E-state index in [1.54, 1.807) is 4.90 Å². The number of hydrogen-bond donors (Lipinski definition) is 1. The molecule has 1 aliphatic heterocycles. The monoisotopic (exact) mass is 358 g/mol. The summed E-state index contributed by atoms with van der Waals surface area (Å²) in [5.74, 6) is 1.49. The smallest absolute Gasteiger partial charge is 0.317 e. The Balaban J connectivity index is 1.47. The van der Waals surface area contributed by atoms with Gasteiger partial charge in [-0.25, -0.2) is 4.79 Å². The second kappa shape index (κ2) is 8.12. The Kier molecular flexibility index (Phi) is 5.65. The van der Waals surface area contributed by atoms with E-state index in [0.29, 0.717) is 19.6 Å². The molecule has 1 aromatic heterocycles. The first kappa shape index (κ1) is 18.1. The van der Waals surface area contributed by atoms with Gasteiger partial charge in [-0.15, -0.1) is 0 Å². The Morgan fingerprint density at radius 3 is 2.81 bits per heavy atom. The number of benzene rings is 1. The number of aromatic nitrogens is 2. The van der Waals surface area contributed by atoms with Crippen LogP contribution in [0.25, 0.3) is 0 Å². The third kappa shape index (κ3) is 4.28. The lowest BCUT2D eigenvalue weighted by atomic mass is 10.2. The standard InChI is InChI=1S/C19H26N4O3/c1-4-22(12-16-6-7-17-18(11-16)26-13-25-17)19(24)20-8-5-9-23-15(3)10-14(2)21-23/h6-7,10-11H,4-5,8-9,12-13H2,1-3H3,(H,20,24). The van der Waals surface area contributed by atoms with Gasteiger partial charge in [-0.05, 0) is 51.0 Å². The molecule has 0 fully saturated rings. The SMILES string of the molecule is CCN(Cc1ccc2c(c1)OCO2)C(=O)NCCCn1nc(C)cc1C. The molecule has 0 radical (unpaired) electrons. The van der Waals surface area contributed by atoms with Crippen LogP contribution >= 0.6 is 0 Å². The van der Waals surface area contributed by atoms with Crippen molar-refractivity contribution < 1.29 is 14.3 Å². The third-order valence-electron chi connectivity index (χ3n) is 4.41. The maximum atomic E-state index is 12.4. The number of carbonyl (C=O) groups is 1. The molecule has 0 saturated carbocycles. The number of urea groups is 1. The quantitative estimate of drug-likeness (QED) is 0.773. The molecule has 0 spiro atoms. The fourth-order valence-electron chi connectivity index (χ4n) is 3.02. The topological polar surface area (TPSA) is 68.6 Å². The van der Waals surface area contributed by atoms with Gasteiger partial charge in [0.05, 0.1) is 5.69 Å². The van der Waals surface area contributed by atoms with E-state index in [9.17, 15) is 4.79 Å². The minimum absolute atomic E-state index is 0.0569. The summed E-state index contributed by atoms with van der Waals surface area (Å²) in [4.78, 5) is 14.2. The molecule has 0 bridgehead atoms. The molecule has 2 amide bonds. The summed E-state index contributed by atoms with van der Waals surface area (Å²) in [6, 6.07) is 7.78. The van der Waals surface area contributed by atoms with Crippen LogP contribution in [-0.2, 0) is 13.1 Å². The van der Waals surface area contributed by atoms with Crippen molar-refractivity contribution in [3.05, 3.63) is 41.2 Å². The van der Waals surface area contributed by atoms with Gasteiger partial charge in [-0.3, -0.25) is 4.68 Å². The number of ether oxygens (including phenoxy) is 2. The molecule has 0 saturated heterocycles. The average Bonchev–Trinajstić information content (AvgIpc) is 3.21. The number of hydrogen-bond acceptors (Lipinski definition) is 4. The number of aryl methyl sites for hydroxylation is 3. The predicted octanol–water partition coefficient (Wildman–Crippen LogP) is 2.85. The van der Waals surface area contributed by atoms with Gasteiger partial charge >= 0.3 is 6.03 Å². The third-order valence-corrected chi connectivity index (χ3v) is 4.41. The van der Waals surface area contributed by atoms with E-state index < -0.39 is 0 Å². The lowest BCUT2D eigenvalue weighted by molar-refractivity contribution is 0.173. The molecular formula is C19H26N4O3. The van der Waals surface area contributed by atoms with Crippen molar-refractivity contribution in [1.82, 2.24) is 20.0 Å². The zero-order valence-corrected chi connectivity index (χ0v) is 15.6. The van der Waals surface area contributed by atoms with Crippen LogP contribution in [0.1, 0.15) is 30.3 Å². The highest BCUT2D eigenvalue weighted by Crippen LogP contribution is 2.32. The minimum atomic E-state index is -0.0569. The number of nitrogens with one attached hydrogen (secondary N) is 1. The summed E-state index contributed by atoms with van der Waals surface area (Å²) >= 11 is 0. The van der Waals surface area contributed by atoms with Gasteiger partial charge in [0.15, 0.2) is 11.5 Å². The van der Waals surface area contributed by atoms with Crippen LogP contribution in [0.4, 0.5) is 4.79 Å². The highest BCUT2D eigenvalue weighted by molar-refractivity contribution is 5.74. The Hall–Kier alpha value is -2.70. The molecule has 2 aromatic rings. The van der Waals surface area contributed by atoms with Crippen molar-refractivity contribution in [2.45, 2.75) is 40.3 Å². The van der Waals surface area contributed by atoms with Crippen molar-refractivity contribution >= 4 is 6.03 Å². The van der Waals surface area contributed by atoms with Crippen LogP contribution in [0, 0.1) is 13.8 Å². The molecule has 0 unspecified atom stereocenters. The van der Waals surface area contributed by atoms with Crippen molar-refractivity contribution in [3.63, 3.8) is 0 Å². The second-order valence-corrected chi connectivity index (χ2v) is 6.44. The summed E-state index contributed by atoms with van der Waals surface area (Å²) in [6.07, 6.45) is 0.843. The molecule has 7 nitrogen and oxygen atoms in total. The van der Waals surface area contributed by atoms with Crippen LogP contribution in [0.5, 0.6) is 11.5 Å². The van der Waals surface area contributed by atoms with E-state index in [-0.39, 0.29) is 12.8 Å². The summed E-state index contributed by atoms with van der Waals surface area (Å²) in [6.45, 7) is 8.86. The van der Waals surface area contributed by atoms with Crippen LogP contribution in [-0.4, -0.2) is 40.6 Å². The molecule has 0 atom stereocenters. The second-order valence-electron chi connectivity index (χ2n) is 6.44. The van der Waals surface area contributed by atoms with E-state index in [1.807, 2.05) is 43.7 Å². The molecule has 1 aromatic carbocycles. The normalized spacial score (nSPS) is 12.3. The first-order chi connectivity index (χ1) is 12.6. The number of nitrogens with zero attached hydrogens (tertiary/aromatic N) is 3. The predicted molar refractivity (Wildman–Crippen MR) is 98.4 cm³/mol. The van der Waals surface area contributed by atoms with Crippen molar-refractivity contribution in [2.75, 3.05) is 19.9 Å². The summed E-state index contributed by atoms with van der Waals surface area (Å²) in [7, 11) is 0. The summed E-state index contributed by atoms with van der Waals surface area (Å²) in [5.41, 5.74) is 3.19. The summed E-state index contributed by atoms with van der Waals surface area (Å²) in [5, 5.41) is 7.43. The van der Waals surface area contributed by atoms with E-state index in [4.69, 9.17) is 9.47 Å². The van der Waals surface area contributed by atoms with E-state index >= 15 is 0 Å². The van der Waals surface area contributed by atoms with Crippen molar-refractivity contribution in [3.8, 4) is 11.5 Å². The first-order valence-corrected chi connectivity index (χ1v) is 8.99. The lowest BCUT2D eigenvalue weighted by Gasteiger charge is -2.21. The maximum absolute atomic E-state index is 12.4. The highest BCUT2D eigenvalue weighted by atomic mass is 16.7. The molecule has 26 heavy (non-hydrogen) atoms.